The zero-order chi connectivity index (χ0) is 13.0. The van der Waals surface area contributed by atoms with Crippen molar-refractivity contribution in [2.45, 2.75) is 32.6 Å². The summed E-state index contributed by atoms with van der Waals surface area (Å²) >= 11 is 0. The molecule has 2 fully saturated rings. The number of hydrogen-bond acceptors (Lipinski definition) is 3. The van der Waals surface area contributed by atoms with Gasteiger partial charge in [0, 0.05) is 35.4 Å². The topological polar surface area (TPSA) is 49.4 Å². The van der Waals surface area contributed by atoms with E-state index in [1.807, 2.05) is 4.90 Å². The maximum Gasteiger partial charge on any atom is 0.228 e. The summed E-state index contributed by atoms with van der Waals surface area (Å²) in [4.78, 5) is 14.7. The molecule has 2 aliphatic heterocycles. The van der Waals surface area contributed by atoms with Crippen molar-refractivity contribution in [1.82, 2.24) is 10.2 Å². The van der Waals surface area contributed by atoms with Crippen molar-refractivity contribution >= 4 is 16.7 Å². The minimum absolute atomic E-state index is 0.140. The van der Waals surface area contributed by atoms with Gasteiger partial charge in [0.05, 0.1) is 5.41 Å². The monoisotopic (exact) mass is 272 g/mol. The van der Waals surface area contributed by atoms with Crippen LogP contribution in [0, 0.1) is 5.41 Å². The van der Waals surface area contributed by atoms with Crippen molar-refractivity contribution in [3.8, 4) is 0 Å². The van der Waals surface area contributed by atoms with Crippen molar-refractivity contribution in [3.63, 3.8) is 0 Å². The van der Waals surface area contributed by atoms with E-state index in [0.29, 0.717) is 30.5 Å². The van der Waals surface area contributed by atoms with Crippen LogP contribution in [0.2, 0.25) is 0 Å². The highest BCUT2D eigenvalue weighted by atomic mass is 32.2. The Hall–Kier alpha value is -0.420. The van der Waals surface area contributed by atoms with Gasteiger partial charge in [0.1, 0.15) is 0 Å². The van der Waals surface area contributed by atoms with Crippen LogP contribution in [0.15, 0.2) is 0 Å². The van der Waals surface area contributed by atoms with E-state index >= 15 is 0 Å². The molecule has 1 amide bonds. The van der Waals surface area contributed by atoms with Crippen LogP contribution in [-0.2, 0) is 15.6 Å². The quantitative estimate of drug-likeness (QED) is 0.825. The summed E-state index contributed by atoms with van der Waals surface area (Å²) in [6.07, 6.45) is 3.97. The van der Waals surface area contributed by atoms with Crippen molar-refractivity contribution in [2.24, 2.45) is 5.41 Å². The number of piperidine rings is 1. The fourth-order valence-electron chi connectivity index (χ4n) is 3.13. The van der Waals surface area contributed by atoms with Gasteiger partial charge in [-0.1, -0.05) is 13.3 Å². The normalized spacial score (nSPS) is 25.1. The predicted octanol–water partition coefficient (Wildman–Crippen LogP) is 0.747. The predicted molar refractivity (Wildman–Crippen MR) is 73.9 cm³/mol. The van der Waals surface area contributed by atoms with E-state index in [4.69, 9.17) is 0 Å². The van der Waals surface area contributed by atoms with E-state index in [0.717, 1.165) is 38.8 Å². The number of rotatable bonds is 3. The number of carbonyl (C=O) groups is 1. The molecular formula is C13H24N2O2S. The molecule has 1 N–H and O–H groups in total. The third-order valence-corrected chi connectivity index (χ3v) is 5.48. The van der Waals surface area contributed by atoms with E-state index in [-0.39, 0.29) is 5.41 Å². The number of carbonyl (C=O) groups excluding carboxylic acids is 1. The second kappa shape index (κ2) is 6.15. The highest BCUT2D eigenvalue weighted by Gasteiger charge is 2.41. The molecular weight excluding hydrogens is 248 g/mol. The van der Waals surface area contributed by atoms with Gasteiger partial charge in [-0.15, -0.1) is 0 Å². The first-order valence-electron chi connectivity index (χ1n) is 7.03. The molecule has 5 heteroatoms. The maximum atomic E-state index is 12.8. The van der Waals surface area contributed by atoms with Gasteiger partial charge < -0.3 is 10.2 Å². The van der Waals surface area contributed by atoms with Crippen LogP contribution >= 0.6 is 0 Å². The van der Waals surface area contributed by atoms with E-state index in [1.54, 1.807) is 0 Å². The summed E-state index contributed by atoms with van der Waals surface area (Å²) in [6, 6.07) is 0. The Kier molecular flexibility index (Phi) is 4.78. The number of nitrogens with zero attached hydrogens (tertiary/aromatic N) is 1. The fourth-order valence-corrected chi connectivity index (χ4v) is 4.18. The van der Waals surface area contributed by atoms with Crippen molar-refractivity contribution < 1.29 is 9.00 Å². The molecule has 0 unspecified atom stereocenters. The van der Waals surface area contributed by atoms with Gasteiger partial charge >= 0.3 is 0 Å². The Morgan fingerprint density at radius 3 is 2.44 bits per heavy atom. The molecule has 0 saturated carbocycles. The summed E-state index contributed by atoms with van der Waals surface area (Å²) in [5.74, 6) is 1.64. The largest absolute Gasteiger partial charge is 0.340 e. The van der Waals surface area contributed by atoms with Crippen LogP contribution in [0.5, 0.6) is 0 Å². The average molecular weight is 272 g/mol. The lowest BCUT2D eigenvalue weighted by molar-refractivity contribution is -0.144. The van der Waals surface area contributed by atoms with Gasteiger partial charge in [0.15, 0.2) is 0 Å². The lowest BCUT2D eigenvalue weighted by Gasteiger charge is -2.41. The van der Waals surface area contributed by atoms with Crippen molar-refractivity contribution in [3.05, 3.63) is 0 Å². The summed E-state index contributed by atoms with van der Waals surface area (Å²) in [5.41, 5.74) is -0.140. The van der Waals surface area contributed by atoms with Gasteiger partial charge in [0.25, 0.3) is 0 Å². The highest BCUT2D eigenvalue weighted by Crippen LogP contribution is 2.36. The molecule has 18 heavy (non-hydrogen) atoms. The van der Waals surface area contributed by atoms with Gasteiger partial charge in [0.2, 0.25) is 5.91 Å². The first kappa shape index (κ1) is 14.0. The van der Waals surface area contributed by atoms with Gasteiger partial charge in [-0.3, -0.25) is 9.00 Å². The molecule has 0 aromatic rings. The van der Waals surface area contributed by atoms with E-state index in [2.05, 4.69) is 12.2 Å². The fraction of sp³-hybridized carbons (Fsp3) is 0.923. The SMILES string of the molecule is CCCC1(C(=O)N2CCS(=O)CC2)CCNCC1. The summed E-state index contributed by atoms with van der Waals surface area (Å²) in [5, 5.41) is 3.34. The zero-order valence-corrected chi connectivity index (χ0v) is 12.1. The van der Waals surface area contributed by atoms with Crippen LogP contribution in [0.1, 0.15) is 32.6 Å². The van der Waals surface area contributed by atoms with Crippen LogP contribution in [0.4, 0.5) is 0 Å². The van der Waals surface area contributed by atoms with Crippen LogP contribution < -0.4 is 5.32 Å². The Morgan fingerprint density at radius 1 is 1.28 bits per heavy atom. The molecule has 2 aliphatic rings. The second-order valence-electron chi connectivity index (χ2n) is 5.42. The third-order valence-electron chi connectivity index (χ3n) is 4.21. The zero-order valence-electron chi connectivity index (χ0n) is 11.2. The number of amides is 1. The molecule has 2 rings (SSSR count). The molecule has 0 spiro atoms. The molecule has 0 aliphatic carbocycles. The minimum atomic E-state index is -0.706. The van der Waals surface area contributed by atoms with Crippen molar-refractivity contribution in [1.29, 1.82) is 0 Å². The first-order chi connectivity index (χ1) is 8.68. The molecule has 0 bridgehead atoms. The molecule has 2 heterocycles. The third kappa shape index (κ3) is 2.94. The highest BCUT2D eigenvalue weighted by molar-refractivity contribution is 7.85. The summed E-state index contributed by atoms with van der Waals surface area (Å²) in [6.45, 7) is 5.42. The first-order valence-corrected chi connectivity index (χ1v) is 8.52. The van der Waals surface area contributed by atoms with Crippen molar-refractivity contribution in [2.75, 3.05) is 37.7 Å². The molecule has 0 radical (unpaired) electrons. The van der Waals surface area contributed by atoms with Gasteiger partial charge in [-0.25, -0.2) is 0 Å². The van der Waals surface area contributed by atoms with Crippen LogP contribution in [-0.4, -0.2) is 52.7 Å². The summed E-state index contributed by atoms with van der Waals surface area (Å²) in [7, 11) is -0.706. The standard InChI is InChI=1S/C13H24N2O2S/c1-2-3-13(4-6-14-7-5-13)12(16)15-8-10-18(17)11-9-15/h14H,2-11H2,1H3. The molecule has 2 saturated heterocycles. The van der Waals surface area contributed by atoms with Crippen LogP contribution in [0.3, 0.4) is 0 Å². The Labute approximate surface area is 112 Å². The van der Waals surface area contributed by atoms with Gasteiger partial charge in [-0.2, -0.15) is 0 Å². The molecule has 0 atom stereocenters. The smallest absolute Gasteiger partial charge is 0.228 e. The molecule has 0 aromatic heterocycles. The van der Waals surface area contributed by atoms with Crippen LogP contribution in [0.25, 0.3) is 0 Å². The Balaban J connectivity index is 2.05. The Bertz CT molecular complexity index is 311. The second-order valence-corrected chi connectivity index (χ2v) is 7.12. The van der Waals surface area contributed by atoms with E-state index < -0.39 is 10.8 Å². The van der Waals surface area contributed by atoms with E-state index in [9.17, 15) is 9.00 Å². The Morgan fingerprint density at radius 2 is 1.89 bits per heavy atom. The number of nitrogens with one attached hydrogen (secondary N) is 1. The molecule has 4 nitrogen and oxygen atoms in total. The lowest BCUT2D eigenvalue weighted by Crippen LogP contribution is -2.52. The number of hydrogen-bond donors (Lipinski definition) is 1. The average Bonchev–Trinajstić information content (AvgIpc) is 2.40. The molecule has 104 valence electrons. The lowest BCUT2D eigenvalue weighted by atomic mass is 9.74. The van der Waals surface area contributed by atoms with Gasteiger partial charge in [-0.05, 0) is 32.4 Å². The summed E-state index contributed by atoms with van der Waals surface area (Å²) < 4.78 is 11.4. The van der Waals surface area contributed by atoms with E-state index in [1.165, 1.54) is 0 Å². The molecule has 0 aromatic carbocycles. The maximum absolute atomic E-state index is 12.8. The minimum Gasteiger partial charge on any atom is -0.340 e.